The maximum Gasteiger partial charge on any atom is 0.147 e. The smallest absolute Gasteiger partial charge is 0.147 e. The Morgan fingerprint density at radius 2 is 1.04 bits per heavy atom. The highest BCUT2D eigenvalue weighted by Crippen LogP contribution is 2.25. The van der Waals surface area contributed by atoms with Crippen LogP contribution in [0.2, 0.25) is 0 Å². The Kier molecular flexibility index (Phi) is 16.3. The van der Waals surface area contributed by atoms with E-state index >= 15 is 0 Å². The standard InChI is InChI=1S/4C7H11NS.C6H10N2S/c1-7(2,3)6-4-9-5-8-6;1-7(2,3)6-4-8-5-9-6;2*1-7(2,3)6-8-4-5-9-6;1-6(2,3)5-7-4-9-8-5/h4*4-5H,1-3H3;4H,1-3H3. The first-order chi connectivity index (χ1) is 20.5. The number of rotatable bonds is 0. The molecule has 5 heterocycles. The van der Waals surface area contributed by atoms with Crippen LogP contribution in [0, 0.1) is 0 Å². The molecule has 0 fully saturated rings. The van der Waals surface area contributed by atoms with Gasteiger partial charge in [0.25, 0.3) is 0 Å². The monoisotopic (exact) mass is 706 g/mol. The van der Waals surface area contributed by atoms with Crippen molar-refractivity contribution < 1.29 is 0 Å². The van der Waals surface area contributed by atoms with E-state index in [9.17, 15) is 0 Å². The normalized spacial score (nSPS) is 11.9. The van der Waals surface area contributed by atoms with Gasteiger partial charge in [0.1, 0.15) is 11.3 Å². The molecule has 0 atom stereocenters. The zero-order valence-electron chi connectivity index (χ0n) is 29.9. The van der Waals surface area contributed by atoms with Crippen molar-refractivity contribution in [3.05, 3.63) is 77.7 Å². The molecule has 250 valence electrons. The molecule has 0 N–H and O–H groups in total. The van der Waals surface area contributed by atoms with Gasteiger partial charge in [0.2, 0.25) is 0 Å². The zero-order valence-corrected chi connectivity index (χ0v) is 34.0. The average Bonchev–Trinajstić information content (AvgIpc) is 3.75. The summed E-state index contributed by atoms with van der Waals surface area (Å²) in [6, 6.07) is 0. The number of hydrogen-bond acceptors (Lipinski definition) is 11. The van der Waals surface area contributed by atoms with Gasteiger partial charge in [0.05, 0.1) is 26.7 Å². The fourth-order valence-corrected chi connectivity index (χ4v) is 6.41. The average molecular weight is 707 g/mol. The van der Waals surface area contributed by atoms with Crippen molar-refractivity contribution in [2.75, 3.05) is 0 Å². The van der Waals surface area contributed by atoms with Crippen molar-refractivity contribution in [1.29, 1.82) is 0 Å². The van der Waals surface area contributed by atoms with Crippen LogP contribution in [0.1, 0.15) is 130 Å². The maximum absolute atomic E-state index is 4.21. The van der Waals surface area contributed by atoms with Crippen LogP contribution < -0.4 is 0 Å². The fraction of sp³-hybridized carbons (Fsp3) is 0.588. The molecule has 45 heavy (non-hydrogen) atoms. The second kappa shape index (κ2) is 17.8. The van der Waals surface area contributed by atoms with E-state index in [-0.39, 0.29) is 27.1 Å². The molecule has 0 aromatic carbocycles. The lowest BCUT2D eigenvalue weighted by Gasteiger charge is -2.13. The van der Waals surface area contributed by atoms with E-state index in [1.165, 1.54) is 32.1 Å². The summed E-state index contributed by atoms with van der Waals surface area (Å²) >= 11 is 8.22. The minimum absolute atomic E-state index is 0.111. The van der Waals surface area contributed by atoms with Crippen molar-refractivity contribution in [3.63, 3.8) is 0 Å². The molecule has 0 bridgehead atoms. The molecule has 0 saturated heterocycles. The minimum Gasteiger partial charge on any atom is -0.253 e. The summed E-state index contributed by atoms with van der Waals surface area (Å²) in [5.74, 6) is 0.938. The Morgan fingerprint density at radius 1 is 0.511 bits per heavy atom. The van der Waals surface area contributed by atoms with Gasteiger partial charge in [-0.15, -0.1) is 45.3 Å². The van der Waals surface area contributed by atoms with Gasteiger partial charge in [-0.3, -0.25) is 4.98 Å². The molecular weight excluding hydrogens is 653 g/mol. The molecule has 0 spiro atoms. The van der Waals surface area contributed by atoms with Crippen LogP contribution in [0.15, 0.2) is 51.3 Å². The first-order valence-corrected chi connectivity index (χ1v) is 19.3. The molecule has 6 nitrogen and oxygen atoms in total. The van der Waals surface area contributed by atoms with Gasteiger partial charge in [-0.05, 0) is 16.9 Å². The topological polar surface area (TPSA) is 77.3 Å². The lowest BCUT2D eigenvalue weighted by molar-refractivity contribution is 0.555. The summed E-state index contributed by atoms with van der Waals surface area (Å²) in [4.78, 5) is 22.1. The van der Waals surface area contributed by atoms with Gasteiger partial charge >= 0.3 is 0 Å². The summed E-state index contributed by atoms with van der Waals surface area (Å²) in [6.07, 6.45) is 5.64. The molecule has 0 aliphatic heterocycles. The van der Waals surface area contributed by atoms with E-state index in [0.29, 0.717) is 0 Å². The van der Waals surface area contributed by atoms with Crippen molar-refractivity contribution in [2.45, 2.75) is 131 Å². The molecule has 0 saturated carbocycles. The van der Waals surface area contributed by atoms with E-state index in [1.54, 1.807) is 50.9 Å². The highest BCUT2D eigenvalue weighted by atomic mass is 32.1. The molecule has 5 aromatic heterocycles. The van der Waals surface area contributed by atoms with Crippen LogP contribution in [0.25, 0.3) is 0 Å². The quantitative estimate of drug-likeness (QED) is 0.159. The van der Waals surface area contributed by atoms with Gasteiger partial charge < -0.3 is 0 Å². The largest absolute Gasteiger partial charge is 0.253 e. The molecule has 11 heteroatoms. The van der Waals surface area contributed by atoms with Crippen molar-refractivity contribution in [1.82, 2.24) is 29.3 Å². The summed E-state index contributed by atoms with van der Waals surface area (Å²) in [5, 5.41) is 8.55. The van der Waals surface area contributed by atoms with Gasteiger partial charge in [0.15, 0.2) is 0 Å². The molecule has 0 amide bonds. The highest BCUT2D eigenvalue weighted by Gasteiger charge is 2.18. The van der Waals surface area contributed by atoms with Crippen molar-refractivity contribution in [3.8, 4) is 0 Å². The van der Waals surface area contributed by atoms with E-state index in [4.69, 9.17) is 0 Å². The van der Waals surface area contributed by atoms with Crippen molar-refractivity contribution in [2.24, 2.45) is 0 Å². The number of hydrogen-bond donors (Lipinski definition) is 0. The summed E-state index contributed by atoms with van der Waals surface area (Å²) < 4.78 is 4.12. The number of nitrogens with zero attached hydrogens (tertiary/aromatic N) is 6. The minimum atomic E-state index is 0.111. The molecule has 5 rings (SSSR count). The van der Waals surface area contributed by atoms with E-state index in [0.717, 1.165) is 5.82 Å². The Balaban J connectivity index is 0.000000281. The van der Waals surface area contributed by atoms with Crippen LogP contribution in [0.4, 0.5) is 0 Å². The van der Waals surface area contributed by atoms with Crippen LogP contribution in [-0.2, 0) is 27.1 Å². The molecule has 0 radical (unpaired) electrons. The van der Waals surface area contributed by atoms with Crippen LogP contribution >= 0.6 is 56.9 Å². The Labute approximate surface area is 293 Å². The van der Waals surface area contributed by atoms with Gasteiger partial charge in [-0.25, -0.2) is 19.9 Å². The second-order valence-electron chi connectivity index (χ2n) is 15.4. The van der Waals surface area contributed by atoms with Crippen LogP contribution in [-0.4, -0.2) is 29.3 Å². The first kappa shape index (κ1) is 41.1. The molecule has 0 aliphatic rings. The number of thiazole rings is 4. The third kappa shape index (κ3) is 17.0. The first-order valence-electron chi connectivity index (χ1n) is 14.9. The Hall–Kier alpha value is -1.92. The third-order valence-electron chi connectivity index (χ3n) is 5.55. The van der Waals surface area contributed by atoms with Crippen LogP contribution in [0.5, 0.6) is 0 Å². The third-order valence-corrected chi connectivity index (χ3v) is 10.2. The van der Waals surface area contributed by atoms with Gasteiger partial charge in [-0.2, -0.15) is 4.37 Å². The SMILES string of the molecule is CC(C)(C)c1cncs1.CC(C)(C)c1cscn1.CC(C)(C)c1nccs1.CC(C)(C)c1nccs1.CC(C)(C)c1ncsn1. The predicted molar refractivity (Wildman–Crippen MR) is 202 cm³/mol. The molecule has 0 aliphatic carbocycles. The van der Waals surface area contributed by atoms with Gasteiger partial charge in [0, 0.05) is 61.3 Å². The number of aromatic nitrogens is 6. The Morgan fingerprint density at radius 3 is 1.22 bits per heavy atom. The highest BCUT2D eigenvalue weighted by molar-refractivity contribution is 7.10. The Bertz CT molecular complexity index is 1120. The van der Waals surface area contributed by atoms with E-state index in [2.05, 4.69) is 139 Å². The zero-order chi connectivity index (χ0) is 34.5. The van der Waals surface area contributed by atoms with Crippen molar-refractivity contribution >= 4 is 56.9 Å². The van der Waals surface area contributed by atoms with E-state index in [1.807, 2.05) is 40.4 Å². The van der Waals surface area contributed by atoms with E-state index < -0.39 is 0 Å². The summed E-state index contributed by atoms with van der Waals surface area (Å²) in [5.41, 5.74) is 7.78. The lowest BCUT2D eigenvalue weighted by Crippen LogP contribution is -2.12. The lowest BCUT2D eigenvalue weighted by atomic mass is 9.93. The van der Waals surface area contributed by atoms with Crippen LogP contribution in [0.3, 0.4) is 0 Å². The molecular formula is C34H54N6S5. The molecule has 5 aromatic rings. The predicted octanol–water partition coefficient (Wildman–Crippen LogP) is 11.6. The maximum atomic E-state index is 4.21. The van der Waals surface area contributed by atoms with Gasteiger partial charge in [-0.1, -0.05) is 104 Å². The fourth-order valence-electron chi connectivity index (χ4n) is 2.86. The summed E-state index contributed by atoms with van der Waals surface area (Å²) in [6.45, 7) is 32.4. The molecule has 0 unspecified atom stereocenters. The second-order valence-corrected chi connectivity index (χ2v) is 19.4. The summed E-state index contributed by atoms with van der Waals surface area (Å²) in [7, 11) is 0.